The molecule has 5 rings (SSSR count). The molecule has 0 bridgehead atoms. The van der Waals surface area contributed by atoms with E-state index < -0.39 is 35.2 Å². The maximum Gasteiger partial charge on any atom is 0.410 e. The Hall–Kier alpha value is -4.64. The molecular formula is C37H44FN3O7. The zero-order valence-electron chi connectivity index (χ0n) is 28.2. The van der Waals surface area contributed by atoms with Gasteiger partial charge in [-0.05, 0) is 57.7 Å². The molecule has 2 heterocycles. The molecule has 48 heavy (non-hydrogen) atoms. The van der Waals surface area contributed by atoms with Crippen molar-refractivity contribution in [3.05, 3.63) is 89.7 Å². The van der Waals surface area contributed by atoms with Gasteiger partial charge in [0.05, 0.1) is 24.7 Å². The van der Waals surface area contributed by atoms with Crippen molar-refractivity contribution in [2.24, 2.45) is 0 Å². The monoisotopic (exact) mass is 661 g/mol. The van der Waals surface area contributed by atoms with Crippen LogP contribution in [0.1, 0.15) is 45.2 Å². The summed E-state index contributed by atoms with van der Waals surface area (Å²) in [5.41, 5.74) is 0.544. The van der Waals surface area contributed by atoms with Gasteiger partial charge in [-0.25, -0.2) is 14.0 Å². The largest absolute Gasteiger partial charge is 0.491 e. The van der Waals surface area contributed by atoms with Crippen molar-refractivity contribution in [2.45, 2.75) is 70.4 Å². The van der Waals surface area contributed by atoms with Crippen LogP contribution in [0.3, 0.4) is 0 Å². The molecule has 10 nitrogen and oxygen atoms in total. The number of carbonyl (C=O) groups is 3. The van der Waals surface area contributed by atoms with Crippen molar-refractivity contribution in [3.8, 4) is 16.9 Å². The van der Waals surface area contributed by atoms with Crippen LogP contribution in [0.15, 0.2) is 72.8 Å². The molecule has 2 saturated heterocycles. The molecule has 3 aromatic carbocycles. The van der Waals surface area contributed by atoms with E-state index in [-0.39, 0.29) is 51.3 Å². The molecule has 2 fully saturated rings. The molecule has 11 heteroatoms. The van der Waals surface area contributed by atoms with Gasteiger partial charge in [0.15, 0.2) is 0 Å². The van der Waals surface area contributed by atoms with Crippen LogP contribution in [-0.2, 0) is 32.0 Å². The summed E-state index contributed by atoms with van der Waals surface area (Å²) in [5, 5.41) is 3.09. The van der Waals surface area contributed by atoms with Crippen molar-refractivity contribution in [2.75, 3.05) is 33.4 Å². The number of carbonyl (C=O) groups excluding carboxylic acids is 3. The summed E-state index contributed by atoms with van der Waals surface area (Å²) < 4.78 is 39.4. The van der Waals surface area contributed by atoms with Crippen LogP contribution in [0.4, 0.5) is 14.0 Å². The van der Waals surface area contributed by atoms with Crippen LogP contribution in [0.5, 0.6) is 5.75 Å². The Morgan fingerprint density at radius 3 is 2.48 bits per heavy atom. The Bertz CT molecular complexity index is 1610. The Balaban J connectivity index is 1.37. The van der Waals surface area contributed by atoms with Gasteiger partial charge in [0.1, 0.15) is 37.0 Å². The van der Waals surface area contributed by atoms with Gasteiger partial charge in [-0.15, -0.1) is 0 Å². The molecule has 0 aliphatic carbocycles. The van der Waals surface area contributed by atoms with Crippen LogP contribution < -0.4 is 10.1 Å². The van der Waals surface area contributed by atoms with Crippen LogP contribution in [0.2, 0.25) is 0 Å². The Morgan fingerprint density at radius 2 is 1.75 bits per heavy atom. The smallest absolute Gasteiger partial charge is 0.410 e. The fourth-order valence-corrected chi connectivity index (χ4v) is 6.39. The standard InChI is InChI=1S/C37H44FN3O7/c1-25-21-37(24-45-23-32(42)39-37)31(41(25)35(44)47-22-26-12-7-6-8-13-26)20-27-14-11-16-29(33(27)38)28-15-9-10-17-30(28)46-19-18-40(5)34(43)48-36(2,3)4/h6-17,25,31H,18-24H2,1-5H3,(H,39,42)/t25-,31?,37?/m1/s1. The number of hydrogen-bond acceptors (Lipinski definition) is 7. The first-order valence-electron chi connectivity index (χ1n) is 16.2. The number of ether oxygens (including phenoxy) is 4. The van der Waals surface area contributed by atoms with E-state index in [0.29, 0.717) is 28.9 Å². The highest BCUT2D eigenvalue weighted by Gasteiger charge is 2.55. The lowest BCUT2D eigenvalue weighted by Gasteiger charge is -2.41. The number of amides is 3. The zero-order valence-corrected chi connectivity index (χ0v) is 28.2. The number of benzene rings is 3. The second-order valence-corrected chi connectivity index (χ2v) is 13.4. The summed E-state index contributed by atoms with van der Waals surface area (Å²) in [6.45, 7) is 7.92. The summed E-state index contributed by atoms with van der Waals surface area (Å²) in [5.74, 6) is -0.290. The van der Waals surface area contributed by atoms with Gasteiger partial charge in [-0.2, -0.15) is 0 Å². The molecule has 0 saturated carbocycles. The van der Waals surface area contributed by atoms with Gasteiger partial charge >= 0.3 is 12.2 Å². The molecule has 256 valence electrons. The predicted molar refractivity (Wildman–Crippen MR) is 178 cm³/mol. The van der Waals surface area contributed by atoms with Crippen molar-refractivity contribution in [1.29, 1.82) is 0 Å². The van der Waals surface area contributed by atoms with E-state index >= 15 is 4.39 Å². The van der Waals surface area contributed by atoms with Crippen molar-refractivity contribution < 1.29 is 37.7 Å². The third-order valence-corrected chi connectivity index (χ3v) is 8.56. The third-order valence-electron chi connectivity index (χ3n) is 8.56. The van der Waals surface area contributed by atoms with Crippen molar-refractivity contribution >= 4 is 18.1 Å². The summed E-state index contributed by atoms with van der Waals surface area (Å²) in [6.07, 6.45) is -0.466. The molecule has 1 spiro atoms. The van der Waals surface area contributed by atoms with E-state index in [1.165, 1.54) is 4.90 Å². The molecule has 3 aromatic rings. The molecule has 2 unspecified atom stereocenters. The summed E-state index contributed by atoms with van der Waals surface area (Å²) >= 11 is 0. The van der Waals surface area contributed by atoms with E-state index in [4.69, 9.17) is 18.9 Å². The van der Waals surface area contributed by atoms with E-state index in [1.807, 2.05) is 37.3 Å². The lowest BCUT2D eigenvalue weighted by atomic mass is 9.84. The van der Waals surface area contributed by atoms with Crippen LogP contribution in [0.25, 0.3) is 11.1 Å². The number of likely N-dealkylation sites (N-methyl/N-ethyl adjacent to an activating group) is 1. The Labute approximate surface area is 281 Å². The minimum atomic E-state index is -0.913. The highest BCUT2D eigenvalue weighted by molar-refractivity contribution is 5.80. The van der Waals surface area contributed by atoms with Gasteiger partial charge in [0.25, 0.3) is 0 Å². The Kier molecular flexibility index (Phi) is 10.6. The Morgan fingerprint density at radius 1 is 1.04 bits per heavy atom. The number of likely N-dealkylation sites (tertiary alicyclic amines) is 1. The van der Waals surface area contributed by atoms with Crippen LogP contribution >= 0.6 is 0 Å². The molecule has 0 radical (unpaired) electrons. The van der Waals surface area contributed by atoms with E-state index in [2.05, 4.69) is 5.32 Å². The number of nitrogens with zero attached hydrogens (tertiary/aromatic N) is 2. The first-order chi connectivity index (χ1) is 22.9. The van der Waals surface area contributed by atoms with Crippen molar-refractivity contribution in [1.82, 2.24) is 15.1 Å². The average molecular weight is 662 g/mol. The molecule has 0 aromatic heterocycles. The van der Waals surface area contributed by atoms with E-state index in [1.54, 1.807) is 75.2 Å². The molecule has 3 amide bonds. The van der Waals surface area contributed by atoms with E-state index in [9.17, 15) is 14.4 Å². The second kappa shape index (κ2) is 14.6. The fourth-order valence-electron chi connectivity index (χ4n) is 6.39. The average Bonchev–Trinajstić information content (AvgIpc) is 3.29. The summed E-state index contributed by atoms with van der Waals surface area (Å²) in [6, 6.07) is 20.7. The van der Waals surface area contributed by atoms with Gasteiger partial charge in [-0.3, -0.25) is 9.69 Å². The quantitative estimate of drug-likeness (QED) is 0.302. The molecule has 1 N–H and O–H groups in total. The molecule has 2 aliphatic rings. The first-order valence-corrected chi connectivity index (χ1v) is 16.2. The SMILES string of the molecule is C[C@@H]1CC2(COCC(=O)N2)C(Cc2cccc(-c3ccccc3OCCN(C)C(=O)OC(C)(C)C)c2F)N1C(=O)OCc1ccccc1. The van der Waals surface area contributed by atoms with Crippen LogP contribution in [-0.4, -0.2) is 84.5 Å². The van der Waals surface area contributed by atoms with Crippen LogP contribution in [0, 0.1) is 5.82 Å². The number of para-hydroxylation sites is 1. The minimum absolute atomic E-state index is 0.0739. The minimum Gasteiger partial charge on any atom is -0.491 e. The lowest BCUT2D eigenvalue weighted by Crippen LogP contribution is -2.64. The van der Waals surface area contributed by atoms with Crippen molar-refractivity contribution in [3.63, 3.8) is 0 Å². The summed E-state index contributed by atoms with van der Waals surface area (Å²) in [4.78, 5) is 41.6. The zero-order chi connectivity index (χ0) is 34.5. The number of morpholine rings is 1. The predicted octanol–water partition coefficient (Wildman–Crippen LogP) is 5.97. The number of rotatable bonds is 9. The first kappa shape index (κ1) is 34.7. The number of nitrogens with one attached hydrogen (secondary N) is 1. The highest BCUT2D eigenvalue weighted by Crippen LogP contribution is 2.40. The van der Waals surface area contributed by atoms with Gasteiger partial charge in [0, 0.05) is 24.2 Å². The second-order valence-electron chi connectivity index (χ2n) is 13.4. The van der Waals surface area contributed by atoms with Gasteiger partial charge in [0.2, 0.25) is 5.91 Å². The van der Waals surface area contributed by atoms with Gasteiger partial charge < -0.3 is 29.2 Å². The molecule has 2 aliphatic heterocycles. The van der Waals surface area contributed by atoms with Gasteiger partial charge in [-0.1, -0.05) is 66.7 Å². The lowest BCUT2D eigenvalue weighted by molar-refractivity contribution is -0.136. The summed E-state index contributed by atoms with van der Waals surface area (Å²) in [7, 11) is 1.63. The maximum absolute atomic E-state index is 16.6. The fraction of sp³-hybridized carbons (Fsp3) is 0.432. The number of hydrogen-bond donors (Lipinski definition) is 1. The molecule has 3 atom stereocenters. The normalized spacial score (nSPS) is 20.7. The highest BCUT2D eigenvalue weighted by atomic mass is 19.1. The molecular weight excluding hydrogens is 617 g/mol. The third kappa shape index (κ3) is 8.07. The maximum atomic E-state index is 16.6. The van der Waals surface area contributed by atoms with E-state index in [0.717, 1.165) is 5.56 Å². The number of halogens is 1. The topological polar surface area (TPSA) is 107 Å².